The van der Waals surface area contributed by atoms with E-state index in [-0.39, 0.29) is 0 Å². The second-order valence-corrected chi connectivity index (χ2v) is 4.05. The first kappa shape index (κ1) is 10.3. The highest BCUT2D eigenvalue weighted by Gasteiger charge is 1.98. The van der Waals surface area contributed by atoms with Gasteiger partial charge in [-0.15, -0.1) is 0 Å². The number of hydrogen-bond donors (Lipinski definition) is 1. The summed E-state index contributed by atoms with van der Waals surface area (Å²) in [6, 6.07) is 3.53. The molecule has 0 saturated carbocycles. The number of aromatic nitrogens is 3. The van der Waals surface area contributed by atoms with E-state index in [0.717, 1.165) is 10.2 Å². The summed E-state index contributed by atoms with van der Waals surface area (Å²) >= 11 is 9.05. The normalized spacial score (nSPS) is 10.0. The molecule has 2 aromatic heterocycles. The van der Waals surface area contributed by atoms with Gasteiger partial charge in [-0.2, -0.15) is 0 Å². The molecule has 0 fully saturated rings. The molecule has 0 saturated heterocycles. The second-order valence-electron chi connectivity index (χ2n) is 2.74. The Morgan fingerprint density at radius 1 is 1.20 bits per heavy atom. The Balaban J connectivity index is 2.22. The maximum atomic E-state index is 5.73. The zero-order valence-electron chi connectivity index (χ0n) is 7.48. The number of halogens is 2. The highest BCUT2D eigenvalue weighted by Crippen LogP contribution is 2.18. The molecule has 2 aromatic rings. The Labute approximate surface area is 99.9 Å². The predicted octanol–water partition coefficient (Wildman–Crippen LogP) is 3.03. The predicted molar refractivity (Wildman–Crippen MR) is 62.3 cm³/mol. The SMILES string of the molecule is Clc1cc(Nc2cncc(Br)c2)ncn1. The van der Waals surface area contributed by atoms with E-state index in [4.69, 9.17) is 11.6 Å². The van der Waals surface area contributed by atoms with Gasteiger partial charge in [0.2, 0.25) is 0 Å². The van der Waals surface area contributed by atoms with Gasteiger partial charge in [0.1, 0.15) is 17.3 Å². The van der Waals surface area contributed by atoms with Crippen LogP contribution in [0.3, 0.4) is 0 Å². The molecule has 4 nitrogen and oxygen atoms in total. The highest BCUT2D eigenvalue weighted by atomic mass is 79.9. The number of nitrogens with one attached hydrogen (secondary N) is 1. The molecular weight excluding hydrogens is 279 g/mol. The van der Waals surface area contributed by atoms with E-state index in [0.29, 0.717) is 11.0 Å². The van der Waals surface area contributed by atoms with Gasteiger partial charge in [0.15, 0.2) is 0 Å². The number of rotatable bonds is 2. The molecule has 0 aliphatic rings. The number of nitrogens with zero attached hydrogens (tertiary/aromatic N) is 3. The molecule has 2 heterocycles. The van der Waals surface area contributed by atoms with Gasteiger partial charge in [-0.3, -0.25) is 4.98 Å². The van der Waals surface area contributed by atoms with Crippen LogP contribution < -0.4 is 5.32 Å². The van der Waals surface area contributed by atoms with Crippen LogP contribution in [-0.2, 0) is 0 Å². The van der Waals surface area contributed by atoms with E-state index in [9.17, 15) is 0 Å². The molecule has 1 N–H and O–H groups in total. The van der Waals surface area contributed by atoms with Crippen LogP contribution in [0.4, 0.5) is 11.5 Å². The minimum absolute atomic E-state index is 0.399. The van der Waals surface area contributed by atoms with Crippen molar-refractivity contribution in [1.29, 1.82) is 0 Å². The van der Waals surface area contributed by atoms with Crippen molar-refractivity contribution in [1.82, 2.24) is 15.0 Å². The second kappa shape index (κ2) is 4.55. The van der Waals surface area contributed by atoms with Crippen molar-refractivity contribution in [2.75, 3.05) is 5.32 Å². The molecule has 15 heavy (non-hydrogen) atoms. The molecule has 2 rings (SSSR count). The fourth-order valence-corrected chi connectivity index (χ4v) is 1.54. The fraction of sp³-hybridized carbons (Fsp3) is 0. The van der Waals surface area contributed by atoms with Gasteiger partial charge in [0.05, 0.1) is 11.9 Å². The van der Waals surface area contributed by atoms with Crippen molar-refractivity contribution in [2.24, 2.45) is 0 Å². The summed E-state index contributed by atoms with van der Waals surface area (Å²) < 4.78 is 0.896. The molecule has 0 atom stereocenters. The van der Waals surface area contributed by atoms with Crippen molar-refractivity contribution >= 4 is 39.0 Å². The van der Waals surface area contributed by atoms with Gasteiger partial charge in [-0.05, 0) is 22.0 Å². The molecule has 0 unspecified atom stereocenters. The Hall–Kier alpha value is -1.20. The number of hydrogen-bond acceptors (Lipinski definition) is 4. The molecular formula is C9H6BrClN4. The highest BCUT2D eigenvalue weighted by molar-refractivity contribution is 9.10. The van der Waals surface area contributed by atoms with Crippen LogP contribution >= 0.6 is 27.5 Å². The smallest absolute Gasteiger partial charge is 0.135 e. The van der Waals surface area contributed by atoms with E-state index in [2.05, 4.69) is 36.2 Å². The maximum Gasteiger partial charge on any atom is 0.135 e. The third kappa shape index (κ3) is 2.87. The summed E-state index contributed by atoms with van der Waals surface area (Å²) in [4.78, 5) is 11.8. The van der Waals surface area contributed by atoms with Crippen LogP contribution in [-0.4, -0.2) is 15.0 Å². The van der Waals surface area contributed by atoms with Crippen molar-refractivity contribution in [3.8, 4) is 0 Å². The van der Waals surface area contributed by atoms with Gasteiger partial charge >= 0.3 is 0 Å². The molecule has 76 valence electrons. The molecule has 0 aliphatic carbocycles. The van der Waals surface area contributed by atoms with Gasteiger partial charge < -0.3 is 5.32 Å². The lowest BCUT2D eigenvalue weighted by molar-refractivity contribution is 1.16. The summed E-state index contributed by atoms with van der Waals surface area (Å²) in [6.45, 7) is 0. The van der Waals surface area contributed by atoms with Crippen LogP contribution in [0.15, 0.2) is 35.3 Å². The first-order valence-electron chi connectivity index (χ1n) is 4.09. The Morgan fingerprint density at radius 3 is 2.80 bits per heavy atom. The van der Waals surface area contributed by atoms with Gasteiger partial charge in [-0.25, -0.2) is 9.97 Å². The average Bonchev–Trinajstić information content (AvgIpc) is 2.17. The van der Waals surface area contributed by atoms with Crippen LogP contribution in [0.1, 0.15) is 0 Å². The Morgan fingerprint density at radius 2 is 2.07 bits per heavy atom. The van der Waals surface area contributed by atoms with Gasteiger partial charge in [0.25, 0.3) is 0 Å². The molecule has 0 aromatic carbocycles. The Kier molecular flexibility index (Phi) is 3.13. The summed E-state index contributed by atoms with van der Waals surface area (Å²) in [6.07, 6.45) is 4.80. The summed E-state index contributed by atoms with van der Waals surface area (Å²) in [5, 5.41) is 3.46. The topological polar surface area (TPSA) is 50.7 Å². The van der Waals surface area contributed by atoms with Crippen molar-refractivity contribution in [3.05, 3.63) is 40.5 Å². The number of pyridine rings is 1. The van der Waals surface area contributed by atoms with Crippen LogP contribution in [0.5, 0.6) is 0 Å². The molecule has 0 amide bonds. The van der Waals surface area contributed by atoms with E-state index in [1.54, 1.807) is 18.5 Å². The van der Waals surface area contributed by atoms with E-state index >= 15 is 0 Å². The van der Waals surface area contributed by atoms with Gasteiger partial charge in [0, 0.05) is 16.7 Å². The lowest BCUT2D eigenvalue weighted by Gasteiger charge is -2.04. The van der Waals surface area contributed by atoms with Crippen LogP contribution in [0, 0.1) is 0 Å². The summed E-state index contributed by atoms with van der Waals surface area (Å²) in [5.74, 6) is 0.634. The minimum Gasteiger partial charge on any atom is -0.339 e. The van der Waals surface area contributed by atoms with Crippen molar-refractivity contribution in [2.45, 2.75) is 0 Å². The summed E-state index contributed by atoms with van der Waals surface area (Å²) in [5.41, 5.74) is 0.833. The fourth-order valence-electron chi connectivity index (χ4n) is 1.03. The van der Waals surface area contributed by atoms with E-state index in [1.165, 1.54) is 6.33 Å². The third-order valence-electron chi connectivity index (χ3n) is 1.61. The number of anilines is 2. The largest absolute Gasteiger partial charge is 0.339 e. The molecule has 6 heteroatoms. The zero-order chi connectivity index (χ0) is 10.7. The minimum atomic E-state index is 0.399. The molecule has 0 aliphatic heterocycles. The van der Waals surface area contributed by atoms with Crippen LogP contribution in [0.2, 0.25) is 5.15 Å². The van der Waals surface area contributed by atoms with E-state index in [1.807, 2.05) is 6.07 Å². The van der Waals surface area contributed by atoms with Crippen LogP contribution in [0.25, 0.3) is 0 Å². The maximum absolute atomic E-state index is 5.73. The lowest BCUT2D eigenvalue weighted by Crippen LogP contribution is -1.94. The average molecular weight is 286 g/mol. The lowest BCUT2D eigenvalue weighted by atomic mass is 10.4. The van der Waals surface area contributed by atoms with Gasteiger partial charge in [-0.1, -0.05) is 11.6 Å². The van der Waals surface area contributed by atoms with E-state index < -0.39 is 0 Å². The zero-order valence-corrected chi connectivity index (χ0v) is 9.83. The third-order valence-corrected chi connectivity index (χ3v) is 2.25. The molecule has 0 bridgehead atoms. The molecule has 0 spiro atoms. The molecule has 0 radical (unpaired) electrons. The monoisotopic (exact) mass is 284 g/mol. The first-order chi connectivity index (χ1) is 7.24. The Bertz CT molecular complexity index is 434. The van der Waals surface area contributed by atoms with Crippen molar-refractivity contribution in [3.63, 3.8) is 0 Å². The quantitative estimate of drug-likeness (QED) is 0.862. The standard InChI is InChI=1S/C9H6BrClN4/c10-6-1-7(4-12-3-6)15-9-2-8(11)13-5-14-9/h1-5H,(H,13,14,15). The van der Waals surface area contributed by atoms with Crippen molar-refractivity contribution < 1.29 is 0 Å². The first-order valence-corrected chi connectivity index (χ1v) is 5.26. The summed E-state index contributed by atoms with van der Waals surface area (Å²) in [7, 11) is 0.